The molecule has 3 saturated heterocycles. The summed E-state index contributed by atoms with van der Waals surface area (Å²) in [5.41, 5.74) is 1.45. The van der Waals surface area contributed by atoms with Crippen LogP contribution in [0.5, 0.6) is 0 Å². The van der Waals surface area contributed by atoms with E-state index in [1.807, 2.05) is 35.9 Å². The van der Waals surface area contributed by atoms with Crippen molar-refractivity contribution in [3.05, 3.63) is 36.0 Å². The number of carbonyl (C=O) groups is 2. The second kappa shape index (κ2) is 6.57. The summed E-state index contributed by atoms with van der Waals surface area (Å²) in [6.45, 7) is 3.11. The molecule has 0 unspecified atom stereocenters. The number of aryl methyl sites for hydroxylation is 1. The van der Waals surface area contributed by atoms with Crippen molar-refractivity contribution in [2.45, 2.75) is 18.9 Å². The molecule has 24 heavy (non-hydrogen) atoms. The van der Waals surface area contributed by atoms with Gasteiger partial charge in [-0.05, 0) is 37.9 Å². The van der Waals surface area contributed by atoms with E-state index in [4.69, 9.17) is 0 Å². The van der Waals surface area contributed by atoms with Crippen molar-refractivity contribution in [3.63, 3.8) is 0 Å². The number of nitrogens with zero attached hydrogens (tertiary/aromatic N) is 2. The van der Waals surface area contributed by atoms with Crippen LogP contribution in [0.3, 0.4) is 0 Å². The number of piperidine rings is 3. The van der Waals surface area contributed by atoms with Crippen LogP contribution in [0.4, 0.5) is 0 Å². The van der Waals surface area contributed by atoms with Gasteiger partial charge in [-0.25, -0.2) is 0 Å². The minimum atomic E-state index is -0.472. The summed E-state index contributed by atoms with van der Waals surface area (Å²) in [6.07, 6.45) is 3.99. The van der Waals surface area contributed by atoms with E-state index in [0.717, 1.165) is 43.4 Å². The van der Waals surface area contributed by atoms with Crippen molar-refractivity contribution in [2.75, 3.05) is 19.6 Å². The zero-order chi connectivity index (χ0) is 16.0. The number of benzene rings is 1. The number of para-hydroxylation sites is 1. The number of amides is 1. The number of rotatable bonds is 3. The van der Waals surface area contributed by atoms with Crippen LogP contribution in [-0.4, -0.2) is 46.8 Å². The van der Waals surface area contributed by atoms with E-state index in [9.17, 15) is 9.59 Å². The number of hydrogen-bond donors (Lipinski definition) is 1. The topological polar surface area (TPSA) is 54.3 Å². The maximum Gasteiger partial charge on any atom is 0.292 e. The highest BCUT2D eigenvalue weighted by Gasteiger charge is 2.36. The lowest BCUT2D eigenvalue weighted by molar-refractivity contribution is -0.119. The molecular weight excluding hydrogens is 326 g/mol. The standard InChI is InChI=1S/C18H21N3O2.ClH/c1-20-10-14(13-4-2-3-5-16(13)20)17(22)18(23)19-15-11-21-8-6-12(15)7-9-21;/h2-5,10,12,15H,6-9,11H2,1H3,(H,19,23);1H/t15-;/m0./s1. The zero-order valence-corrected chi connectivity index (χ0v) is 14.5. The quantitative estimate of drug-likeness (QED) is 0.682. The van der Waals surface area contributed by atoms with Crippen LogP contribution >= 0.6 is 12.4 Å². The number of hydrogen-bond acceptors (Lipinski definition) is 3. The second-order valence-electron chi connectivity index (χ2n) is 6.72. The maximum absolute atomic E-state index is 12.6. The Bertz CT molecular complexity index is 778. The van der Waals surface area contributed by atoms with Gasteiger partial charge in [-0.2, -0.15) is 0 Å². The first-order valence-corrected chi connectivity index (χ1v) is 8.25. The molecule has 0 saturated carbocycles. The average Bonchev–Trinajstić information content (AvgIpc) is 2.92. The summed E-state index contributed by atoms with van der Waals surface area (Å²) in [5.74, 6) is -0.386. The number of fused-ring (bicyclic) bond motifs is 4. The Labute approximate surface area is 147 Å². The van der Waals surface area contributed by atoms with Crippen molar-refractivity contribution >= 4 is 35.0 Å². The van der Waals surface area contributed by atoms with E-state index in [1.165, 1.54) is 0 Å². The Morgan fingerprint density at radius 3 is 2.54 bits per heavy atom. The van der Waals surface area contributed by atoms with Gasteiger partial charge in [-0.3, -0.25) is 9.59 Å². The third kappa shape index (κ3) is 2.82. The minimum Gasteiger partial charge on any atom is -0.350 e. The first kappa shape index (κ1) is 17.0. The molecule has 1 N–H and O–H groups in total. The van der Waals surface area contributed by atoms with E-state index in [2.05, 4.69) is 10.2 Å². The maximum atomic E-state index is 12.6. The molecule has 3 aliphatic heterocycles. The van der Waals surface area contributed by atoms with Crippen molar-refractivity contribution in [1.29, 1.82) is 0 Å². The molecular formula is C18H22ClN3O2. The van der Waals surface area contributed by atoms with Crippen LogP contribution in [0, 0.1) is 5.92 Å². The van der Waals surface area contributed by atoms with Gasteiger partial charge in [0.2, 0.25) is 0 Å². The van der Waals surface area contributed by atoms with Gasteiger partial charge in [0, 0.05) is 36.7 Å². The lowest BCUT2D eigenvalue weighted by Crippen LogP contribution is -2.58. The first-order chi connectivity index (χ1) is 11.1. The van der Waals surface area contributed by atoms with E-state index in [-0.39, 0.29) is 18.4 Å². The monoisotopic (exact) mass is 347 g/mol. The molecule has 1 amide bonds. The molecule has 3 aliphatic rings. The number of aromatic nitrogens is 1. The smallest absolute Gasteiger partial charge is 0.292 e. The fourth-order valence-corrected chi connectivity index (χ4v) is 4.01. The molecule has 5 rings (SSSR count). The van der Waals surface area contributed by atoms with Crippen molar-refractivity contribution in [3.8, 4) is 0 Å². The third-order valence-corrected chi connectivity index (χ3v) is 5.32. The van der Waals surface area contributed by atoms with Gasteiger partial charge in [0.15, 0.2) is 0 Å². The molecule has 2 aromatic rings. The van der Waals surface area contributed by atoms with Gasteiger partial charge in [-0.1, -0.05) is 18.2 Å². The minimum absolute atomic E-state index is 0. The van der Waals surface area contributed by atoms with Crippen LogP contribution in [0.15, 0.2) is 30.5 Å². The summed E-state index contributed by atoms with van der Waals surface area (Å²) in [5, 5.41) is 3.82. The summed E-state index contributed by atoms with van der Waals surface area (Å²) in [4.78, 5) is 27.4. The summed E-state index contributed by atoms with van der Waals surface area (Å²) in [6, 6.07) is 7.79. The highest BCUT2D eigenvalue weighted by Crippen LogP contribution is 2.27. The molecule has 1 atom stereocenters. The van der Waals surface area contributed by atoms with Crippen molar-refractivity contribution in [2.24, 2.45) is 13.0 Å². The Kier molecular flexibility index (Phi) is 4.65. The highest BCUT2D eigenvalue weighted by atomic mass is 35.5. The summed E-state index contributed by atoms with van der Waals surface area (Å²) < 4.78 is 1.89. The van der Waals surface area contributed by atoms with E-state index >= 15 is 0 Å². The van der Waals surface area contributed by atoms with Gasteiger partial charge in [-0.15, -0.1) is 12.4 Å². The van der Waals surface area contributed by atoms with Gasteiger partial charge in [0.25, 0.3) is 11.7 Å². The number of nitrogens with one attached hydrogen (secondary N) is 1. The summed E-state index contributed by atoms with van der Waals surface area (Å²) in [7, 11) is 1.89. The Balaban J connectivity index is 0.00000169. The zero-order valence-electron chi connectivity index (χ0n) is 13.7. The van der Waals surface area contributed by atoms with Gasteiger partial charge < -0.3 is 14.8 Å². The van der Waals surface area contributed by atoms with Crippen LogP contribution in [0.25, 0.3) is 10.9 Å². The Morgan fingerprint density at radius 2 is 1.88 bits per heavy atom. The molecule has 3 fully saturated rings. The fraction of sp³-hybridized carbons (Fsp3) is 0.444. The van der Waals surface area contributed by atoms with Crippen LogP contribution in [0.1, 0.15) is 23.2 Å². The molecule has 0 spiro atoms. The van der Waals surface area contributed by atoms with Gasteiger partial charge in [0.05, 0.1) is 5.56 Å². The van der Waals surface area contributed by atoms with Gasteiger partial charge >= 0.3 is 0 Å². The molecule has 0 radical (unpaired) electrons. The van der Waals surface area contributed by atoms with Crippen LogP contribution < -0.4 is 5.32 Å². The highest BCUT2D eigenvalue weighted by molar-refractivity contribution is 6.45. The first-order valence-electron chi connectivity index (χ1n) is 8.25. The van der Waals surface area contributed by atoms with Crippen molar-refractivity contribution < 1.29 is 9.59 Å². The normalized spacial score (nSPS) is 25.3. The van der Waals surface area contributed by atoms with Crippen molar-refractivity contribution in [1.82, 2.24) is 14.8 Å². The largest absolute Gasteiger partial charge is 0.350 e. The lowest BCUT2D eigenvalue weighted by Gasteiger charge is -2.44. The number of carbonyl (C=O) groups excluding carboxylic acids is 2. The second-order valence-corrected chi connectivity index (χ2v) is 6.72. The predicted octanol–water partition coefficient (Wildman–Crippen LogP) is 1.99. The molecule has 128 valence electrons. The molecule has 4 heterocycles. The lowest BCUT2D eigenvalue weighted by atomic mass is 9.84. The molecule has 0 aliphatic carbocycles. The molecule has 1 aromatic carbocycles. The number of ketones is 1. The van der Waals surface area contributed by atoms with Gasteiger partial charge in [0.1, 0.15) is 0 Å². The molecule has 5 nitrogen and oxygen atoms in total. The Morgan fingerprint density at radius 1 is 1.17 bits per heavy atom. The predicted molar refractivity (Wildman–Crippen MR) is 95.6 cm³/mol. The SMILES string of the molecule is Cl.Cn1cc(C(=O)C(=O)N[C@H]2CN3CCC2CC3)c2ccccc21. The molecule has 2 bridgehead atoms. The van der Waals surface area contributed by atoms with Crippen LogP contribution in [-0.2, 0) is 11.8 Å². The summed E-state index contributed by atoms with van der Waals surface area (Å²) >= 11 is 0. The van der Waals surface area contributed by atoms with Crippen LogP contribution in [0.2, 0.25) is 0 Å². The third-order valence-electron chi connectivity index (χ3n) is 5.32. The Hall–Kier alpha value is -1.85. The fourth-order valence-electron chi connectivity index (χ4n) is 4.01. The average molecular weight is 348 g/mol. The molecule has 6 heteroatoms. The van der Waals surface area contributed by atoms with E-state index in [0.29, 0.717) is 11.5 Å². The number of halogens is 1. The molecule has 1 aromatic heterocycles. The van der Waals surface area contributed by atoms with E-state index < -0.39 is 11.7 Å². The van der Waals surface area contributed by atoms with E-state index in [1.54, 1.807) is 6.20 Å². The number of Topliss-reactive ketones (excluding diaryl/α,β-unsaturated/α-hetero) is 1.